The summed E-state index contributed by atoms with van der Waals surface area (Å²) in [7, 11) is 0. The first-order valence-electron chi connectivity index (χ1n) is 10.7. The molecule has 1 unspecified atom stereocenters. The van der Waals surface area contributed by atoms with Crippen molar-refractivity contribution in [1.29, 1.82) is 0 Å². The third-order valence-corrected chi connectivity index (χ3v) is 6.17. The van der Waals surface area contributed by atoms with E-state index in [9.17, 15) is 51.1 Å². The Morgan fingerprint density at radius 2 is 0.971 bits per heavy atom. The Morgan fingerprint density at radius 1 is 0.529 bits per heavy atom. The van der Waals surface area contributed by atoms with Crippen molar-refractivity contribution >= 4 is 0 Å². The summed E-state index contributed by atoms with van der Waals surface area (Å²) in [6.07, 6.45) is -22.4. The zero-order valence-electron chi connectivity index (χ0n) is 17.9. The highest BCUT2D eigenvalue weighted by Crippen LogP contribution is 2.31. The Balaban J connectivity index is 1.72. The van der Waals surface area contributed by atoms with Crippen LogP contribution in [0, 0.1) is 0 Å². The molecule has 3 saturated heterocycles. The Kier molecular flexibility index (Phi) is 9.54. The molecule has 12 N–H and O–H groups in total. The SMILES string of the molecule is N[C@H]1C(O)O[C@H](CO)[C@@H](O[C@@H]2O[C@H](CO)[C@H](O[C@@H]3O[C@H](CO)[C@H](O)[C@H](O)[C@H]3O)[C@H](O)[C@H]2O)[C@@H]1O. The highest BCUT2D eigenvalue weighted by Gasteiger charge is 2.53. The number of aliphatic hydroxyl groups excluding tert-OH is 10. The van der Waals surface area contributed by atoms with Gasteiger partial charge in [-0.15, -0.1) is 0 Å². The van der Waals surface area contributed by atoms with Crippen molar-refractivity contribution in [3.63, 3.8) is 0 Å². The number of hydrogen-bond donors (Lipinski definition) is 11. The maximum atomic E-state index is 10.6. The zero-order valence-corrected chi connectivity index (χ0v) is 17.9. The summed E-state index contributed by atoms with van der Waals surface area (Å²) in [6, 6.07) is -1.32. The Bertz CT molecular complexity index is 640. The molecule has 3 aliphatic heterocycles. The second-order valence-electron chi connectivity index (χ2n) is 8.42. The Hall–Kier alpha value is -0.640. The molecule has 0 aromatic carbocycles. The first-order chi connectivity index (χ1) is 16.0. The molecule has 0 bridgehead atoms. The highest BCUT2D eigenvalue weighted by atomic mass is 16.7. The van der Waals surface area contributed by atoms with Gasteiger partial charge in [0.05, 0.1) is 25.9 Å². The van der Waals surface area contributed by atoms with Gasteiger partial charge in [0, 0.05) is 0 Å². The van der Waals surface area contributed by atoms with Crippen LogP contribution in [0.25, 0.3) is 0 Å². The fourth-order valence-corrected chi connectivity index (χ4v) is 4.09. The second-order valence-corrected chi connectivity index (χ2v) is 8.42. The fraction of sp³-hybridized carbons (Fsp3) is 1.00. The van der Waals surface area contributed by atoms with Crippen LogP contribution in [-0.2, 0) is 23.7 Å². The van der Waals surface area contributed by atoms with Crippen molar-refractivity contribution < 1.29 is 74.7 Å². The first kappa shape index (κ1) is 27.9. The lowest BCUT2D eigenvalue weighted by Crippen LogP contribution is -2.67. The quantitative estimate of drug-likeness (QED) is 0.154. The molecule has 16 heteroatoms. The molecular weight excluding hydrogens is 470 g/mol. The Labute approximate surface area is 193 Å². The average molecular weight is 503 g/mol. The molecule has 200 valence electrons. The molecule has 16 nitrogen and oxygen atoms in total. The molecule has 0 radical (unpaired) electrons. The maximum absolute atomic E-state index is 10.6. The number of nitrogens with two attached hydrogens (primary N) is 1. The lowest BCUT2D eigenvalue weighted by atomic mass is 9.95. The van der Waals surface area contributed by atoms with Gasteiger partial charge in [-0.2, -0.15) is 0 Å². The minimum Gasteiger partial charge on any atom is -0.394 e. The van der Waals surface area contributed by atoms with E-state index in [-0.39, 0.29) is 0 Å². The van der Waals surface area contributed by atoms with Crippen molar-refractivity contribution in [3.05, 3.63) is 0 Å². The van der Waals surface area contributed by atoms with Crippen molar-refractivity contribution in [1.82, 2.24) is 0 Å². The van der Waals surface area contributed by atoms with Gasteiger partial charge in [0.2, 0.25) is 0 Å². The monoisotopic (exact) mass is 503 g/mol. The molecular formula is C18H33NO15. The number of aliphatic hydroxyl groups is 10. The van der Waals surface area contributed by atoms with E-state index in [0.717, 1.165) is 0 Å². The van der Waals surface area contributed by atoms with Crippen molar-refractivity contribution in [2.75, 3.05) is 19.8 Å². The molecule has 15 atom stereocenters. The van der Waals surface area contributed by atoms with Crippen LogP contribution in [0.2, 0.25) is 0 Å². The van der Waals surface area contributed by atoms with Crippen LogP contribution in [0.4, 0.5) is 0 Å². The van der Waals surface area contributed by atoms with E-state index in [4.69, 9.17) is 29.4 Å². The minimum absolute atomic E-state index is 0.705. The number of hydrogen-bond acceptors (Lipinski definition) is 16. The van der Waals surface area contributed by atoms with Crippen LogP contribution >= 0.6 is 0 Å². The van der Waals surface area contributed by atoms with Crippen molar-refractivity contribution in [3.8, 4) is 0 Å². The highest BCUT2D eigenvalue weighted by molar-refractivity contribution is 4.96. The van der Waals surface area contributed by atoms with Gasteiger partial charge >= 0.3 is 0 Å². The van der Waals surface area contributed by atoms with Crippen LogP contribution in [0.1, 0.15) is 0 Å². The third-order valence-electron chi connectivity index (χ3n) is 6.17. The maximum Gasteiger partial charge on any atom is 0.187 e. The molecule has 0 aliphatic carbocycles. The smallest absolute Gasteiger partial charge is 0.187 e. The normalized spacial score (nSPS) is 52.5. The van der Waals surface area contributed by atoms with Gasteiger partial charge in [-0.25, -0.2) is 0 Å². The number of rotatable bonds is 7. The largest absolute Gasteiger partial charge is 0.394 e. The summed E-state index contributed by atoms with van der Waals surface area (Å²) in [5.74, 6) is 0. The molecule has 0 saturated carbocycles. The topological polar surface area (TPSA) is 274 Å². The summed E-state index contributed by atoms with van der Waals surface area (Å²) in [6.45, 7) is -2.23. The Morgan fingerprint density at radius 3 is 1.50 bits per heavy atom. The molecule has 0 aromatic rings. The molecule has 0 amide bonds. The summed E-state index contributed by atoms with van der Waals surface area (Å²) in [5.41, 5.74) is 5.64. The van der Waals surface area contributed by atoms with E-state index in [1.165, 1.54) is 0 Å². The van der Waals surface area contributed by atoms with E-state index in [1.807, 2.05) is 0 Å². The number of ether oxygens (including phenoxy) is 5. The lowest BCUT2D eigenvalue weighted by molar-refractivity contribution is -0.373. The van der Waals surface area contributed by atoms with Gasteiger partial charge in [0.15, 0.2) is 18.9 Å². The van der Waals surface area contributed by atoms with Crippen LogP contribution in [-0.4, -0.2) is 163 Å². The van der Waals surface area contributed by atoms with E-state index < -0.39 is 112 Å². The van der Waals surface area contributed by atoms with Gasteiger partial charge in [-0.3, -0.25) is 0 Å². The van der Waals surface area contributed by atoms with Crippen LogP contribution in [0.15, 0.2) is 0 Å². The average Bonchev–Trinajstić information content (AvgIpc) is 2.83. The van der Waals surface area contributed by atoms with Gasteiger partial charge < -0.3 is 80.5 Å². The van der Waals surface area contributed by atoms with Gasteiger partial charge in [-0.05, 0) is 0 Å². The van der Waals surface area contributed by atoms with E-state index in [2.05, 4.69) is 0 Å². The third kappa shape index (κ3) is 5.37. The van der Waals surface area contributed by atoms with Gasteiger partial charge in [0.25, 0.3) is 0 Å². The molecule has 34 heavy (non-hydrogen) atoms. The van der Waals surface area contributed by atoms with Crippen LogP contribution in [0.5, 0.6) is 0 Å². The molecule has 3 heterocycles. The summed E-state index contributed by atoms with van der Waals surface area (Å²) < 4.78 is 26.7. The fourth-order valence-electron chi connectivity index (χ4n) is 4.09. The van der Waals surface area contributed by atoms with Crippen molar-refractivity contribution in [2.45, 2.75) is 92.1 Å². The predicted octanol–water partition coefficient (Wildman–Crippen LogP) is -7.61. The van der Waals surface area contributed by atoms with Gasteiger partial charge in [0.1, 0.15) is 67.1 Å². The molecule has 3 fully saturated rings. The lowest BCUT2D eigenvalue weighted by Gasteiger charge is -2.48. The van der Waals surface area contributed by atoms with E-state index >= 15 is 0 Å². The van der Waals surface area contributed by atoms with E-state index in [0.29, 0.717) is 0 Å². The van der Waals surface area contributed by atoms with Crippen molar-refractivity contribution in [2.24, 2.45) is 5.73 Å². The predicted molar refractivity (Wildman–Crippen MR) is 103 cm³/mol. The summed E-state index contributed by atoms with van der Waals surface area (Å²) in [5, 5.41) is 99.7. The molecule has 3 aliphatic rings. The first-order valence-corrected chi connectivity index (χ1v) is 10.7. The molecule has 0 spiro atoms. The second kappa shape index (κ2) is 11.6. The summed E-state index contributed by atoms with van der Waals surface area (Å²) in [4.78, 5) is 0. The molecule has 3 rings (SSSR count). The summed E-state index contributed by atoms with van der Waals surface area (Å²) >= 11 is 0. The standard InChI is InChI=1S/C18H33NO15/c19-7-9(24)14(5(2-21)30-16(7)29)33-18-13(28)11(26)15(6(3-22)32-18)34-17-12(27)10(25)8(23)4(1-20)31-17/h4-18,20-29H,1-3,19H2/t4-,5-,6-,7-,8+,9-,10+,11-,12-,13-,14-,15+,16?,17+,18+/m1/s1. The van der Waals surface area contributed by atoms with Crippen LogP contribution in [0.3, 0.4) is 0 Å². The van der Waals surface area contributed by atoms with Gasteiger partial charge in [-0.1, -0.05) is 0 Å². The zero-order chi connectivity index (χ0) is 25.3. The minimum atomic E-state index is -1.87. The van der Waals surface area contributed by atoms with Crippen LogP contribution < -0.4 is 5.73 Å². The molecule has 0 aromatic heterocycles. The van der Waals surface area contributed by atoms with E-state index in [1.54, 1.807) is 0 Å².